The minimum atomic E-state index is -0.902. The third-order valence-electron chi connectivity index (χ3n) is 18.4. The van der Waals surface area contributed by atoms with Crippen molar-refractivity contribution in [3.05, 3.63) is 0 Å². The molecule has 49 heavy (non-hydrogen) atoms. The summed E-state index contributed by atoms with van der Waals surface area (Å²) in [6.07, 6.45) is 32.5. The Morgan fingerprint density at radius 2 is 1.10 bits per heavy atom. The van der Waals surface area contributed by atoms with Crippen LogP contribution in [0.4, 0.5) is 0 Å². The molecule has 0 spiro atoms. The number of rotatable bonds is 3. The van der Waals surface area contributed by atoms with Gasteiger partial charge in [-0.2, -0.15) is 0 Å². The standard InChI is InChI=1S/C23H34O3.C21H32O2/c1-4-23(25)12-9-20-18-6-5-16-15-17(26-14-13-24)7-10-21(16,2)19(18)8-11-22(20,23)3;1-4-21(23)12-9-18-16-6-5-14-13-15(22)7-10-19(14,2)17(16)8-11-20(18,21)3/h1,13,16-20,25H,5-12,14-15H2,2-3H3;1,14-18,22-23H,5-13H2,2-3H3/t16-,17+,18?,19?,20?,21-,22-,23-;14-,15+,16?,17?,18?,19-,20-,21-/m00/s1. The molecular weight excluding hydrogens is 608 g/mol. The summed E-state index contributed by atoms with van der Waals surface area (Å²) in [5.74, 6) is 11.1. The van der Waals surface area contributed by atoms with Crippen LogP contribution in [0.15, 0.2) is 0 Å². The molecule has 0 aromatic carbocycles. The van der Waals surface area contributed by atoms with Crippen LogP contribution in [0.3, 0.4) is 0 Å². The molecule has 8 aliphatic rings. The number of ether oxygens (including phenoxy) is 1. The Kier molecular flexibility index (Phi) is 9.29. The fourth-order valence-corrected chi connectivity index (χ4v) is 15.3. The summed E-state index contributed by atoms with van der Waals surface area (Å²) in [7, 11) is 0. The molecule has 0 aromatic rings. The van der Waals surface area contributed by atoms with E-state index in [4.69, 9.17) is 17.6 Å². The van der Waals surface area contributed by atoms with Gasteiger partial charge in [0.15, 0.2) is 0 Å². The molecule has 5 nitrogen and oxygen atoms in total. The summed E-state index contributed by atoms with van der Waals surface area (Å²) in [5, 5.41) is 32.2. The molecule has 0 aromatic heterocycles. The van der Waals surface area contributed by atoms with Crippen LogP contribution in [0.5, 0.6) is 0 Å². The topological polar surface area (TPSA) is 87.0 Å². The van der Waals surface area contributed by atoms with E-state index in [-0.39, 0.29) is 29.6 Å². The minimum absolute atomic E-state index is 0.0727. The number of carbonyl (C=O) groups is 1. The van der Waals surface area contributed by atoms with Crippen LogP contribution in [0.2, 0.25) is 0 Å². The molecule has 0 bridgehead atoms. The molecule has 0 amide bonds. The van der Waals surface area contributed by atoms with Gasteiger partial charge in [-0.3, -0.25) is 0 Å². The molecule has 0 saturated heterocycles. The van der Waals surface area contributed by atoms with Crippen molar-refractivity contribution >= 4 is 6.29 Å². The van der Waals surface area contributed by atoms with E-state index in [1.165, 1.54) is 51.4 Å². The zero-order chi connectivity index (χ0) is 35.0. The number of fused-ring (bicyclic) bond motifs is 10. The highest BCUT2D eigenvalue weighted by Gasteiger charge is 2.66. The Morgan fingerprint density at radius 1 is 0.633 bits per heavy atom. The predicted octanol–water partition coefficient (Wildman–Crippen LogP) is 7.73. The molecule has 272 valence electrons. The average Bonchev–Trinajstić information content (AvgIpc) is 3.53. The second-order valence-electron chi connectivity index (χ2n) is 19.6. The molecular formula is C44H66O5. The van der Waals surface area contributed by atoms with E-state index in [1.54, 1.807) is 0 Å². The third kappa shape index (κ3) is 5.28. The van der Waals surface area contributed by atoms with E-state index >= 15 is 0 Å². The number of hydrogen-bond donors (Lipinski definition) is 3. The van der Waals surface area contributed by atoms with Crippen LogP contribution in [0.25, 0.3) is 0 Å². The highest BCUT2D eigenvalue weighted by molar-refractivity contribution is 5.50. The lowest BCUT2D eigenvalue weighted by Gasteiger charge is -2.61. The second kappa shape index (κ2) is 12.6. The van der Waals surface area contributed by atoms with E-state index in [9.17, 15) is 20.1 Å². The van der Waals surface area contributed by atoms with Gasteiger partial charge in [-0.15, -0.1) is 12.8 Å². The smallest absolute Gasteiger partial charge is 0.145 e. The fourth-order valence-electron chi connectivity index (χ4n) is 15.3. The molecule has 16 atom stereocenters. The van der Waals surface area contributed by atoms with E-state index in [0.29, 0.717) is 40.4 Å². The maximum absolute atomic E-state index is 11.1. The van der Waals surface area contributed by atoms with Crippen LogP contribution in [0, 0.1) is 93.7 Å². The van der Waals surface area contributed by atoms with Crippen molar-refractivity contribution in [3.8, 4) is 24.7 Å². The van der Waals surface area contributed by atoms with Gasteiger partial charge in [0, 0.05) is 10.8 Å². The Balaban J connectivity index is 0.000000155. The second-order valence-corrected chi connectivity index (χ2v) is 19.6. The van der Waals surface area contributed by atoms with Crippen molar-refractivity contribution < 1.29 is 24.9 Å². The van der Waals surface area contributed by atoms with Crippen LogP contribution in [-0.4, -0.2) is 51.6 Å². The third-order valence-corrected chi connectivity index (χ3v) is 18.4. The largest absolute Gasteiger partial charge is 0.393 e. The van der Waals surface area contributed by atoms with Crippen molar-refractivity contribution in [2.24, 2.45) is 69.0 Å². The first-order valence-electron chi connectivity index (χ1n) is 20.4. The SMILES string of the molecule is C#C[C@]1(O)CCC2C3CC[C@H]4C[C@H](O)CC[C@]4(C)C3CC[C@@]21C.C#C[C@]1(O)CCC2C3CC[C@H]4C[C@H](OCC=O)CC[C@]4(C)C3CC[C@@]21C. The highest BCUT2D eigenvalue weighted by atomic mass is 16.5. The van der Waals surface area contributed by atoms with Crippen molar-refractivity contribution in [3.63, 3.8) is 0 Å². The summed E-state index contributed by atoms with van der Waals surface area (Å²) in [5.41, 5.74) is -1.18. The zero-order valence-corrected chi connectivity index (χ0v) is 31.1. The summed E-state index contributed by atoms with van der Waals surface area (Å²) < 4.78 is 5.77. The van der Waals surface area contributed by atoms with Crippen LogP contribution < -0.4 is 0 Å². The lowest BCUT2D eigenvalue weighted by atomic mass is 9.44. The van der Waals surface area contributed by atoms with E-state index in [0.717, 1.165) is 88.2 Å². The van der Waals surface area contributed by atoms with Crippen molar-refractivity contribution in [2.75, 3.05) is 6.61 Å². The Labute approximate surface area is 297 Å². The number of aldehydes is 1. The molecule has 0 radical (unpaired) electrons. The predicted molar refractivity (Wildman–Crippen MR) is 193 cm³/mol. The Bertz CT molecular complexity index is 1350. The summed E-state index contributed by atoms with van der Waals surface area (Å²) >= 11 is 0. The van der Waals surface area contributed by atoms with Gasteiger partial charge >= 0.3 is 0 Å². The molecule has 5 heteroatoms. The highest BCUT2D eigenvalue weighted by Crippen LogP contribution is 2.70. The Morgan fingerprint density at radius 3 is 1.59 bits per heavy atom. The number of aliphatic hydroxyl groups is 3. The summed E-state index contributed by atoms with van der Waals surface area (Å²) in [6, 6.07) is 0. The van der Waals surface area contributed by atoms with Crippen molar-refractivity contribution in [1.29, 1.82) is 0 Å². The number of hydrogen-bond acceptors (Lipinski definition) is 5. The first-order valence-corrected chi connectivity index (χ1v) is 20.4. The quantitative estimate of drug-likeness (QED) is 0.211. The summed E-state index contributed by atoms with van der Waals surface area (Å²) in [6.45, 7) is 9.80. The van der Waals surface area contributed by atoms with Gasteiger partial charge in [0.2, 0.25) is 0 Å². The van der Waals surface area contributed by atoms with Crippen molar-refractivity contribution in [2.45, 2.75) is 167 Å². The van der Waals surface area contributed by atoms with Gasteiger partial charge in [0.1, 0.15) is 24.1 Å². The Hall–Kier alpha value is -1.37. The molecule has 0 aliphatic heterocycles. The lowest BCUT2D eigenvalue weighted by Crippen LogP contribution is -2.56. The summed E-state index contributed by atoms with van der Waals surface area (Å²) in [4.78, 5) is 10.6. The normalized spacial score (nSPS) is 55.7. The van der Waals surface area contributed by atoms with Crippen LogP contribution in [0.1, 0.15) is 143 Å². The lowest BCUT2D eigenvalue weighted by molar-refractivity contribution is -0.150. The number of aliphatic hydroxyl groups excluding tert-OH is 1. The first kappa shape index (κ1) is 36.0. The first-order chi connectivity index (χ1) is 23.2. The molecule has 8 rings (SSSR count). The monoisotopic (exact) mass is 674 g/mol. The van der Waals surface area contributed by atoms with E-state index < -0.39 is 11.2 Å². The maximum atomic E-state index is 11.1. The molecule has 8 aliphatic carbocycles. The molecule has 8 fully saturated rings. The minimum Gasteiger partial charge on any atom is -0.393 e. The molecule has 3 N–H and O–H groups in total. The average molecular weight is 675 g/mol. The van der Waals surface area contributed by atoms with Crippen LogP contribution in [-0.2, 0) is 9.53 Å². The van der Waals surface area contributed by atoms with E-state index in [1.807, 2.05) is 0 Å². The van der Waals surface area contributed by atoms with Gasteiger partial charge in [0.05, 0.1) is 12.2 Å². The van der Waals surface area contributed by atoms with Gasteiger partial charge in [-0.05, 0) is 174 Å². The van der Waals surface area contributed by atoms with Gasteiger partial charge < -0.3 is 24.9 Å². The molecule has 0 heterocycles. The van der Waals surface area contributed by atoms with Crippen molar-refractivity contribution in [1.82, 2.24) is 0 Å². The van der Waals surface area contributed by atoms with E-state index in [2.05, 4.69) is 39.5 Å². The number of carbonyl (C=O) groups excluding carboxylic acids is 1. The fraction of sp³-hybridized carbons (Fsp3) is 0.886. The maximum Gasteiger partial charge on any atom is 0.145 e. The van der Waals surface area contributed by atoms with Gasteiger partial charge in [0.25, 0.3) is 0 Å². The van der Waals surface area contributed by atoms with Gasteiger partial charge in [-0.1, -0.05) is 39.5 Å². The van der Waals surface area contributed by atoms with Crippen LogP contribution >= 0.6 is 0 Å². The van der Waals surface area contributed by atoms with Gasteiger partial charge in [-0.25, -0.2) is 0 Å². The molecule has 8 saturated carbocycles. The number of terminal acetylenes is 2. The molecule has 6 unspecified atom stereocenters. The zero-order valence-electron chi connectivity index (χ0n) is 31.1.